The molecule has 23 heavy (non-hydrogen) atoms. The third-order valence-electron chi connectivity index (χ3n) is 2.05. The van der Waals surface area contributed by atoms with Gasteiger partial charge in [0.2, 0.25) is 0 Å². The standard InChI is InChI=1S/C11H12ClNO4.Na.5H2O/c12-7-3-4-8(9(14)6-7)11(17)13-5-1-2-10(15)16;;;;;;/h3-4,6,14H,1-2,5H2,(H,13,17)(H,15,16);;5*1H2/q;+1;;;;;/p-1. The summed E-state index contributed by atoms with van der Waals surface area (Å²) in [5.41, 5.74) is 0.0999. The Labute approximate surface area is 159 Å². The van der Waals surface area contributed by atoms with Crippen molar-refractivity contribution < 1.29 is 76.7 Å². The Morgan fingerprint density at radius 1 is 1.13 bits per heavy atom. The molecule has 0 aliphatic carbocycles. The van der Waals surface area contributed by atoms with Gasteiger partial charge >= 0.3 is 29.6 Å². The van der Waals surface area contributed by atoms with Crippen molar-refractivity contribution in [3.05, 3.63) is 28.8 Å². The first-order valence-electron chi connectivity index (χ1n) is 4.97. The van der Waals surface area contributed by atoms with E-state index in [2.05, 4.69) is 5.32 Å². The maximum atomic E-state index is 11.5. The zero-order valence-corrected chi connectivity index (χ0v) is 15.2. The van der Waals surface area contributed by atoms with E-state index in [9.17, 15) is 19.8 Å². The van der Waals surface area contributed by atoms with E-state index in [4.69, 9.17) is 11.6 Å². The zero-order valence-electron chi connectivity index (χ0n) is 12.4. The van der Waals surface area contributed by atoms with Gasteiger partial charge < -0.3 is 47.7 Å². The third kappa shape index (κ3) is 14.4. The van der Waals surface area contributed by atoms with Crippen LogP contribution >= 0.6 is 11.6 Å². The van der Waals surface area contributed by atoms with E-state index in [1.54, 1.807) is 0 Å². The summed E-state index contributed by atoms with van der Waals surface area (Å²) in [6.07, 6.45) is 0.162. The molecule has 132 valence electrons. The van der Waals surface area contributed by atoms with E-state index in [1.165, 1.54) is 18.2 Å². The fraction of sp³-hybridized carbons (Fsp3) is 0.273. The van der Waals surface area contributed by atoms with Gasteiger partial charge in [-0.1, -0.05) is 11.6 Å². The molecule has 12 N–H and O–H groups in total. The van der Waals surface area contributed by atoms with Crippen molar-refractivity contribution in [3.8, 4) is 5.75 Å². The van der Waals surface area contributed by atoms with Gasteiger partial charge in [0, 0.05) is 17.5 Å². The summed E-state index contributed by atoms with van der Waals surface area (Å²) < 4.78 is 0. The van der Waals surface area contributed by atoms with Gasteiger partial charge in [0.15, 0.2) is 0 Å². The van der Waals surface area contributed by atoms with Crippen LogP contribution < -0.4 is 40.0 Å². The van der Waals surface area contributed by atoms with E-state index in [0.29, 0.717) is 5.02 Å². The monoisotopic (exact) mass is 369 g/mol. The Morgan fingerprint density at radius 3 is 2.09 bits per heavy atom. The minimum atomic E-state index is -1.16. The predicted octanol–water partition coefficient (Wildman–Crippen LogP) is -6.81. The van der Waals surface area contributed by atoms with Crippen LogP contribution in [-0.4, -0.2) is 50.9 Å². The Balaban J connectivity index is -0.000000120. The van der Waals surface area contributed by atoms with Crippen molar-refractivity contribution in [2.24, 2.45) is 0 Å². The van der Waals surface area contributed by atoms with Crippen LogP contribution in [0.3, 0.4) is 0 Å². The molecule has 0 aromatic heterocycles. The summed E-state index contributed by atoms with van der Waals surface area (Å²) in [5.74, 6) is -1.85. The number of carboxylic acids is 1. The second-order valence-corrected chi connectivity index (χ2v) is 3.83. The molecule has 0 aliphatic rings. The number of nitrogens with one attached hydrogen (secondary N) is 1. The molecule has 0 saturated heterocycles. The van der Waals surface area contributed by atoms with Gasteiger partial charge in [0.1, 0.15) is 5.75 Å². The van der Waals surface area contributed by atoms with Crippen LogP contribution in [0.4, 0.5) is 0 Å². The molecule has 10 nitrogen and oxygen atoms in total. The Bertz CT molecular complexity index is 448. The van der Waals surface area contributed by atoms with Crippen molar-refractivity contribution >= 4 is 23.5 Å². The van der Waals surface area contributed by atoms with Crippen molar-refractivity contribution in [2.75, 3.05) is 6.54 Å². The first kappa shape index (κ1) is 37.9. The van der Waals surface area contributed by atoms with Gasteiger partial charge in [-0.05, 0) is 31.0 Å². The van der Waals surface area contributed by atoms with Crippen molar-refractivity contribution in [1.82, 2.24) is 5.32 Å². The quantitative estimate of drug-likeness (QED) is 0.379. The van der Waals surface area contributed by atoms with E-state index in [-0.39, 0.29) is 87.6 Å². The molecule has 0 fully saturated rings. The molecule has 0 saturated carbocycles. The first-order chi connectivity index (χ1) is 8.00. The van der Waals surface area contributed by atoms with Crippen LogP contribution in [0.15, 0.2) is 18.2 Å². The average molecular weight is 370 g/mol. The third-order valence-corrected chi connectivity index (χ3v) is 2.28. The smallest absolute Gasteiger partial charge is 0.550 e. The first-order valence-corrected chi connectivity index (χ1v) is 5.35. The largest absolute Gasteiger partial charge is 1.00 e. The second-order valence-electron chi connectivity index (χ2n) is 3.39. The zero-order chi connectivity index (χ0) is 12.8. The molecular weight excluding hydrogens is 349 g/mol. The summed E-state index contributed by atoms with van der Waals surface area (Å²) >= 11 is 5.62. The molecule has 0 spiro atoms. The summed E-state index contributed by atoms with van der Waals surface area (Å²) in [5, 5.41) is 22.4. The number of carboxylic acid groups (broad SMARTS) is 1. The summed E-state index contributed by atoms with van der Waals surface area (Å²) in [6, 6.07) is 4.14. The van der Waals surface area contributed by atoms with Gasteiger partial charge in [0.05, 0.1) is 5.56 Å². The number of aliphatic carboxylic acids is 1. The molecule has 0 aliphatic heterocycles. The molecule has 0 atom stereocenters. The molecule has 0 unspecified atom stereocenters. The van der Waals surface area contributed by atoms with Crippen molar-refractivity contribution in [3.63, 3.8) is 0 Å². The number of benzene rings is 1. The Hall–Kier alpha value is -0.950. The summed E-state index contributed by atoms with van der Waals surface area (Å²) in [4.78, 5) is 21.7. The molecule has 1 amide bonds. The molecule has 0 radical (unpaired) electrons. The number of hydrogen-bond donors (Lipinski definition) is 2. The number of hydrogen-bond acceptors (Lipinski definition) is 4. The number of rotatable bonds is 5. The number of carbonyl (C=O) groups excluding carboxylic acids is 2. The summed E-state index contributed by atoms with van der Waals surface area (Å²) in [6.45, 7) is 0.203. The molecule has 0 heterocycles. The minimum absolute atomic E-state index is 0. The van der Waals surface area contributed by atoms with E-state index in [1.807, 2.05) is 0 Å². The number of phenolic OH excluding ortho intramolecular Hbond substituents is 1. The van der Waals surface area contributed by atoms with Crippen LogP contribution in [0.25, 0.3) is 0 Å². The molecule has 0 bridgehead atoms. The van der Waals surface area contributed by atoms with Gasteiger partial charge in [-0.3, -0.25) is 4.79 Å². The van der Waals surface area contributed by atoms with E-state index in [0.717, 1.165) is 0 Å². The van der Waals surface area contributed by atoms with Crippen LogP contribution in [-0.2, 0) is 4.79 Å². The van der Waals surface area contributed by atoms with Gasteiger partial charge in [0.25, 0.3) is 5.91 Å². The Morgan fingerprint density at radius 2 is 1.65 bits per heavy atom. The number of amides is 1. The fourth-order valence-electron chi connectivity index (χ4n) is 1.23. The van der Waals surface area contributed by atoms with Crippen LogP contribution in [0.5, 0.6) is 5.75 Å². The van der Waals surface area contributed by atoms with Crippen molar-refractivity contribution in [2.45, 2.75) is 12.8 Å². The van der Waals surface area contributed by atoms with Gasteiger partial charge in [-0.15, -0.1) is 0 Å². The maximum absolute atomic E-state index is 11.5. The van der Waals surface area contributed by atoms with E-state index >= 15 is 0 Å². The number of phenols is 1. The number of halogens is 1. The molecule has 1 aromatic rings. The van der Waals surface area contributed by atoms with E-state index < -0.39 is 11.9 Å². The summed E-state index contributed by atoms with van der Waals surface area (Å²) in [7, 11) is 0. The molecule has 1 aromatic carbocycles. The van der Waals surface area contributed by atoms with Crippen LogP contribution in [0.1, 0.15) is 23.2 Å². The number of carbonyl (C=O) groups is 2. The molecule has 12 heteroatoms. The van der Waals surface area contributed by atoms with Gasteiger partial charge in [-0.25, -0.2) is 0 Å². The molecule has 1 rings (SSSR count). The van der Waals surface area contributed by atoms with Crippen molar-refractivity contribution in [1.29, 1.82) is 0 Å². The predicted molar refractivity (Wildman–Crippen MR) is 77.8 cm³/mol. The van der Waals surface area contributed by atoms with Crippen LogP contribution in [0, 0.1) is 0 Å². The normalized spacial score (nSPS) is 7.35. The van der Waals surface area contributed by atoms with Gasteiger partial charge in [-0.2, -0.15) is 0 Å². The minimum Gasteiger partial charge on any atom is -0.550 e. The fourth-order valence-corrected chi connectivity index (χ4v) is 1.39. The SMILES string of the molecule is O.O.O.O.O.O=C([O-])CCCNC(=O)c1ccc(Cl)cc1O.[Na+]. The Kier molecular flexibility index (Phi) is 31.5. The average Bonchev–Trinajstić information content (AvgIpc) is 2.23. The number of aromatic hydroxyl groups is 1. The van der Waals surface area contributed by atoms with Crippen LogP contribution in [0.2, 0.25) is 5.02 Å². The topological polar surface area (TPSA) is 247 Å². The maximum Gasteiger partial charge on any atom is 1.00 e. The molecular formula is C11H21ClNNaO9. The second kappa shape index (κ2) is 19.1.